The number of amides is 1. The molecule has 116 valence electrons. The summed E-state index contributed by atoms with van der Waals surface area (Å²) in [7, 11) is 0. The van der Waals surface area contributed by atoms with Gasteiger partial charge in [0.05, 0.1) is 5.75 Å². The van der Waals surface area contributed by atoms with E-state index < -0.39 is 11.2 Å². The largest absolute Gasteiger partial charge is 0.342 e. The normalized spacial score (nSPS) is 10.5. The molecule has 0 aliphatic carbocycles. The molecule has 0 bridgehead atoms. The minimum Gasteiger partial charge on any atom is -0.325 e. The number of aryl methyl sites for hydroxylation is 3. The molecule has 3 N–H and O–H groups in total. The molecule has 1 aromatic carbocycles. The van der Waals surface area contributed by atoms with Crippen LogP contribution in [-0.2, 0) is 4.79 Å². The number of thioether (sulfide) groups is 1. The summed E-state index contributed by atoms with van der Waals surface area (Å²) in [5.41, 5.74) is 2.59. The topological polar surface area (TPSA) is 108 Å². The number of nitrogens with one attached hydrogen (secondary N) is 3. The van der Waals surface area contributed by atoms with E-state index in [0.717, 1.165) is 34.1 Å². The lowest BCUT2D eigenvalue weighted by Crippen LogP contribution is -2.26. The molecule has 8 heteroatoms. The molecule has 0 saturated heterocycles. The number of aromatic amines is 2. The second kappa shape index (κ2) is 6.61. The molecular formula is C14H16N4O3S. The molecule has 0 radical (unpaired) electrons. The Hall–Kier alpha value is -2.35. The van der Waals surface area contributed by atoms with Crippen molar-refractivity contribution in [3.8, 4) is 0 Å². The summed E-state index contributed by atoms with van der Waals surface area (Å²) in [6.45, 7) is 5.85. The fraction of sp³-hybridized carbons (Fsp3) is 0.286. The fourth-order valence-electron chi connectivity index (χ4n) is 2.12. The number of hydrogen-bond acceptors (Lipinski definition) is 5. The van der Waals surface area contributed by atoms with Gasteiger partial charge in [0, 0.05) is 5.69 Å². The van der Waals surface area contributed by atoms with E-state index in [2.05, 4.69) is 20.5 Å². The summed E-state index contributed by atoms with van der Waals surface area (Å²) < 4.78 is 0. The molecule has 2 rings (SSSR count). The van der Waals surface area contributed by atoms with E-state index in [9.17, 15) is 14.4 Å². The third-order valence-electron chi connectivity index (χ3n) is 2.96. The number of benzene rings is 1. The van der Waals surface area contributed by atoms with Gasteiger partial charge in [-0.1, -0.05) is 29.5 Å². The molecule has 0 atom stereocenters. The Kier molecular flexibility index (Phi) is 4.81. The van der Waals surface area contributed by atoms with Crippen LogP contribution in [-0.4, -0.2) is 26.8 Å². The van der Waals surface area contributed by atoms with Gasteiger partial charge in [0.15, 0.2) is 5.03 Å². The molecule has 0 saturated carbocycles. The number of carbonyl (C=O) groups excluding carboxylic acids is 1. The zero-order chi connectivity index (χ0) is 16.3. The van der Waals surface area contributed by atoms with Gasteiger partial charge < -0.3 is 5.32 Å². The predicted octanol–water partition coefficient (Wildman–Crippen LogP) is 1.11. The molecule has 0 unspecified atom stereocenters. The van der Waals surface area contributed by atoms with Crippen molar-refractivity contribution in [1.29, 1.82) is 0 Å². The first-order valence-electron chi connectivity index (χ1n) is 6.56. The Morgan fingerprint density at radius 1 is 1.23 bits per heavy atom. The molecule has 0 aliphatic heterocycles. The molecular weight excluding hydrogens is 304 g/mol. The number of H-pyrrole nitrogens is 2. The maximum Gasteiger partial charge on any atom is 0.342 e. The standard InChI is InChI=1S/C14H16N4O3S/c1-7-4-8(2)11(9(3)5-7)15-10(19)6-22-13-12(20)16-14(21)18-17-13/h4-5H,6H2,1-3H3,(H,15,19)(H2,16,18,20,21). The lowest BCUT2D eigenvalue weighted by Gasteiger charge is -2.12. The molecule has 0 spiro atoms. The van der Waals surface area contributed by atoms with Crippen molar-refractivity contribution in [1.82, 2.24) is 15.2 Å². The third kappa shape index (κ3) is 3.85. The first-order chi connectivity index (χ1) is 10.4. The van der Waals surface area contributed by atoms with Crippen LogP contribution >= 0.6 is 11.8 Å². The smallest absolute Gasteiger partial charge is 0.325 e. The first kappa shape index (κ1) is 16.0. The fourth-order valence-corrected chi connectivity index (χ4v) is 2.75. The van der Waals surface area contributed by atoms with Gasteiger partial charge in [-0.2, -0.15) is 5.10 Å². The van der Waals surface area contributed by atoms with Gasteiger partial charge in [-0.3, -0.25) is 14.6 Å². The van der Waals surface area contributed by atoms with Crippen LogP contribution in [0.25, 0.3) is 0 Å². The van der Waals surface area contributed by atoms with Gasteiger partial charge >= 0.3 is 5.69 Å². The van der Waals surface area contributed by atoms with Crippen LogP contribution in [0.15, 0.2) is 26.7 Å². The molecule has 1 amide bonds. The van der Waals surface area contributed by atoms with Crippen molar-refractivity contribution in [2.24, 2.45) is 0 Å². The van der Waals surface area contributed by atoms with Crippen LogP contribution in [0.2, 0.25) is 0 Å². The predicted molar refractivity (Wildman–Crippen MR) is 85.5 cm³/mol. The Morgan fingerprint density at radius 3 is 2.45 bits per heavy atom. The third-order valence-corrected chi connectivity index (χ3v) is 3.92. The van der Waals surface area contributed by atoms with Crippen molar-refractivity contribution in [3.05, 3.63) is 49.7 Å². The highest BCUT2D eigenvalue weighted by Gasteiger charge is 2.11. The highest BCUT2D eigenvalue weighted by Crippen LogP contribution is 2.22. The van der Waals surface area contributed by atoms with E-state index in [0.29, 0.717) is 0 Å². The summed E-state index contributed by atoms with van der Waals surface area (Å²) >= 11 is 0.961. The van der Waals surface area contributed by atoms with Gasteiger partial charge in [0.25, 0.3) is 5.56 Å². The monoisotopic (exact) mass is 320 g/mol. The van der Waals surface area contributed by atoms with E-state index in [-0.39, 0.29) is 16.7 Å². The molecule has 22 heavy (non-hydrogen) atoms. The summed E-state index contributed by atoms with van der Waals surface area (Å²) in [4.78, 5) is 36.4. The second-order valence-electron chi connectivity index (χ2n) is 4.92. The zero-order valence-electron chi connectivity index (χ0n) is 12.4. The van der Waals surface area contributed by atoms with Crippen molar-refractivity contribution < 1.29 is 4.79 Å². The van der Waals surface area contributed by atoms with Gasteiger partial charge in [0.1, 0.15) is 0 Å². The van der Waals surface area contributed by atoms with Crippen LogP contribution in [0.4, 0.5) is 5.69 Å². The second-order valence-corrected chi connectivity index (χ2v) is 5.89. The van der Waals surface area contributed by atoms with Crippen LogP contribution in [0.1, 0.15) is 16.7 Å². The summed E-state index contributed by atoms with van der Waals surface area (Å²) in [5.74, 6) is -0.220. The van der Waals surface area contributed by atoms with Gasteiger partial charge in [-0.15, -0.1) is 0 Å². The van der Waals surface area contributed by atoms with Crippen molar-refractivity contribution in [3.63, 3.8) is 0 Å². The van der Waals surface area contributed by atoms with Crippen LogP contribution in [0.3, 0.4) is 0 Å². The van der Waals surface area contributed by atoms with E-state index >= 15 is 0 Å². The SMILES string of the molecule is Cc1cc(C)c(NC(=O)CSc2n[nH]c(=O)[nH]c2=O)c(C)c1. The highest BCUT2D eigenvalue weighted by atomic mass is 32.2. The molecule has 7 nitrogen and oxygen atoms in total. The summed E-state index contributed by atoms with van der Waals surface area (Å²) in [6, 6.07) is 3.98. The highest BCUT2D eigenvalue weighted by molar-refractivity contribution is 7.99. The summed E-state index contributed by atoms with van der Waals surface area (Å²) in [6.07, 6.45) is 0. The number of nitrogens with zero attached hydrogens (tertiary/aromatic N) is 1. The van der Waals surface area contributed by atoms with Crippen LogP contribution < -0.4 is 16.6 Å². The van der Waals surface area contributed by atoms with Gasteiger partial charge in [-0.25, -0.2) is 9.89 Å². The Labute approximate surface area is 130 Å². The lowest BCUT2D eigenvalue weighted by molar-refractivity contribution is -0.113. The molecule has 0 aliphatic rings. The average molecular weight is 320 g/mol. The molecule has 1 heterocycles. The summed E-state index contributed by atoms with van der Waals surface area (Å²) in [5, 5.41) is 8.61. The Bertz CT molecular complexity index is 802. The Morgan fingerprint density at radius 2 is 1.86 bits per heavy atom. The number of anilines is 1. The van der Waals surface area contributed by atoms with E-state index in [1.165, 1.54) is 0 Å². The van der Waals surface area contributed by atoms with Crippen molar-refractivity contribution >= 4 is 23.4 Å². The Balaban J connectivity index is 2.05. The number of carbonyl (C=O) groups is 1. The van der Waals surface area contributed by atoms with Crippen LogP contribution in [0.5, 0.6) is 0 Å². The number of rotatable bonds is 4. The quantitative estimate of drug-likeness (QED) is 0.732. The molecule has 0 fully saturated rings. The zero-order valence-corrected chi connectivity index (χ0v) is 13.3. The number of hydrogen-bond donors (Lipinski definition) is 3. The lowest BCUT2D eigenvalue weighted by atomic mass is 10.1. The minimum atomic E-state index is -0.676. The maximum atomic E-state index is 12.0. The average Bonchev–Trinajstić information content (AvgIpc) is 2.42. The van der Waals surface area contributed by atoms with E-state index in [1.807, 2.05) is 32.9 Å². The van der Waals surface area contributed by atoms with Crippen molar-refractivity contribution in [2.45, 2.75) is 25.8 Å². The van der Waals surface area contributed by atoms with E-state index in [1.54, 1.807) is 0 Å². The molecule has 2 aromatic rings. The first-order valence-corrected chi connectivity index (χ1v) is 7.55. The van der Waals surface area contributed by atoms with Gasteiger partial charge in [0.2, 0.25) is 5.91 Å². The number of aromatic nitrogens is 3. The molecule has 1 aromatic heterocycles. The van der Waals surface area contributed by atoms with Gasteiger partial charge in [-0.05, 0) is 31.9 Å². The van der Waals surface area contributed by atoms with Crippen molar-refractivity contribution in [2.75, 3.05) is 11.1 Å². The van der Waals surface area contributed by atoms with E-state index in [4.69, 9.17) is 0 Å². The minimum absolute atomic E-state index is 0.0227. The van der Waals surface area contributed by atoms with Crippen LogP contribution in [0, 0.1) is 20.8 Å². The maximum absolute atomic E-state index is 12.0.